The fraction of sp³-hybridized carbons (Fsp3) is 0.474. The van der Waals surface area contributed by atoms with Gasteiger partial charge in [-0.25, -0.2) is 4.79 Å². The molecule has 0 aliphatic carbocycles. The van der Waals surface area contributed by atoms with Gasteiger partial charge in [0.15, 0.2) is 0 Å². The Kier molecular flexibility index (Phi) is 5.71. The van der Waals surface area contributed by atoms with Crippen LogP contribution in [0, 0.1) is 0 Å². The van der Waals surface area contributed by atoms with Gasteiger partial charge in [-0.15, -0.1) is 0 Å². The van der Waals surface area contributed by atoms with Gasteiger partial charge in [-0.1, -0.05) is 30.3 Å². The van der Waals surface area contributed by atoms with Gasteiger partial charge in [0.25, 0.3) is 0 Å². The highest BCUT2D eigenvalue weighted by molar-refractivity contribution is 5.88. The van der Waals surface area contributed by atoms with Crippen LogP contribution in [0.4, 0.5) is 10.6 Å². The Labute approximate surface area is 148 Å². The molecule has 0 spiro atoms. The van der Waals surface area contributed by atoms with E-state index in [4.69, 9.17) is 4.74 Å². The number of rotatable bonds is 6. The first-order valence-electron chi connectivity index (χ1n) is 8.86. The minimum atomic E-state index is -0.116. The normalized spacial score (nSPS) is 16.8. The molecule has 0 bridgehead atoms. The van der Waals surface area contributed by atoms with Gasteiger partial charge in [-0.3, -0.25) is 10.00 Å². The Morgan fingerprint density at radius 3 is 2.92 bits per heavy atom. The maximum atomic E-state index is 12.4. The summed E-state index contributed by atoms with van der Waals surface area (Å²) in [4.78, 5) is 14.1. The molecule has 1 N–H and O–H groups in total. The molecule has 1 aromatic carbocycles. The SMILES string of the molecule is CN(CCC[C@@H]1CCCO1)C(=O)Nc1cc(-c2ccccc2)nn1C. The third-order valence-corrected chi connectivity index (χ3v) is 4.57. The zero-order valence-electron chi connectivity index (χ0n) is 14.9. The van der Waals surface area contributed by atoms with Crippen molar-refractivity contribution in [3.63, 3.8) is 0 Å². The molecule has 2 heterocycles. The molecule has 6 nitrogen and oxygen atoms in total. The Hall–Kier alpha value is -2.34. The van der Waals surface area contributed by atoms with E-state index < -0.39 is 0 Å². The van der Waals surface area contributed by atoms with Gasteiger partial charge in [0.1, 0.15) is 5.82 Å². The molecule has 1 aliphatic rings. The molecule has 3 rings (SSSR count). The van der Waals surface area contributed by atoms with Gasteiger partial charge in [-0.05, 0) is 25.7 Å². The number of carbonyl (C=O) groups is 1. The van der Waals surface area contributed by atoms with E-state index in [9.17, 15) is 4.79 Å². The van der Waals surface area contributed by atoms with Crippen molar-refractivity contribution in [2.75, 3.05) is 25.5 Å². The van der Waals surface area contributed by atoms with Gasteiger partial charge < -0.3 is 9.64 Å². The molecule has 2 aromatic rings. The van der Waals surface area contributed by atoms with Gasteiger partial charge in [0.2, 0.25) is 0 Å². The number of amides is 2. The number of anilines is 1. The molecule has 2 amide bonds. The average molecular weight is 342 g/mol. The van der Waals surface area contributed by atoms with Crippen LogP contribution in [-0.2, 0) is 11.8 Å². The number of aromatic nitrogens is 2. The monoisotopic (exact) mass is 342 g/mol. The van der Waals surface area contributed by atoms with Crippen LogP contribution >= 0.6 is 0 Å². The number of benzene rings is 1. The van der Waals surface area contributed by atoms with Crippen LogP contribution in [0.2, 0.25) is 0 Å². The second-order valence-corrected chi connectivity index (χ2v) is 6.53. The van der Waals surface area contributed by atoms with Gasteiger partial charge >= 0.3 is 6.03 Å². The standard InChI is InChI=1S/C19H26N4O2/c1-22(12-6-10-16-11-7-13-25-16)19(24)20-18-14-17(21-23(18)2)15-8-4-3-5-9-15/h3-5,8-9,14,16H,6-7,10-13H2,1-2H3,(H,20,24)/t16-/m1/s1. The average Bonchev–Trinajstić information content (AvgIpc) is 3.26. The highest BCUT2D eigenvalue weighted by Gasteiger charge is 2.17. The fourth-order valence-corrected chi connectivity index (χ4v) is 3.07. The number of aryl methyl sites for hydroxylation is 1. The zero-order valence-corrected chi connectivity index (χ0v) is 14.9. The van der Waals surface area contributed by atoms with E-state index >= 15 is 0 Å². The van der Waals surface area contributed by atoms with Crippen molar-refractivity contribution in [3.05, 3.63) is 36.4 Å². The lowest BCUT2D eigenvalue weighted by molar-refractivity contribution is 0.101. The summed E-state index contributed by atoms with van der Waals surface area (Å²) in [5.74, 6) is 0.690. The van der Waals surface area contributed by atoms with E-state index in [1.54, 1.807) is 9.58 Å². The summed E-state index contributed by atoms with van der Waals surface area (Å²) in [7, 11) is 3.65. The molecule has 0 radical (unpaired) electrons. The minimum absolute atomic E-state index is 0.116. The smallest absolute Gasteiger partial charge is 0.322 e. The van der Waals surface area contributed by atoms with E-state index in [1.165, 1.54) is 0 Å². The third kappa shape index (κ3) is 4.60. The molecule has 1 aliphatic heterocycles. The van der Waals surface area contributed by atoms with Crippen molar-refractivity contribution in [2.24, 2.45) is 7.05 Å². The number of hydrogen-bond acceptors (Lipinski definition) is 3. The zero-order chi connectivity index (χ0) is 17.6. The highest BCUT2D eigenvalue weighted by Crippen LogP contribution is 2.21. The summed E-state index contributed by atoms with van der Waals surface area (Å²) in [5, 5.41) is 7.41. The summed E-state index contributed by atoms with van der Waals surface area (Å²) in [5.41, 5.74) is 1.88. The summed E-state index contributed by atoms with van der Waals surface area (Å²) < 4.78 is 7.32. The fourth-order valence-electron chi connectivity index (χ4n) is 3.07. The van der Waals surface area contributed by atoms with Crippen LogP contribution in [0.1, 0.15) is 25.7 Å². The number of nitrogens with one attached hydrogen (secondary N) is 1. The molecule has 134 valence electrons. The Morgan fingerprint density at radius 1 is 1.40 bits per heavy atom. The molecule has 1 fully saturated rings. The topological polar surface area (TPSA) is 59.4 Å². The number of nitrogens with zero attached hydrogens (tertiary/aromatic N) is 3. The second kappa shape index (κ2) is 8.16. The number of hydrogen-bond donors (Lipinski definition) is 1. The first-order chi connectivity index (χ1) is 12.1. The van der Waals surface area contributed by atoms with E-state index in [2.05, 4.69) is 10.4 Å². The molecule has 1 aromatic heterocycles. The third-order valence-electron chi connectivity index (χ3n) is 4.57. The van der Waals surface area contributed by atoms with E-state index in [-0.39, 0.29) is 6.03 Å². The maximum Gasteiger partial charge on any atom is 0.322 e. The molecule has 6 heteroatoms. The van der Waals surface area contributed by atoms with E-state index in [1.807, 2.05) is 50.5 Å². The summed E-state index contributed by atoms with van der Waals surface area (Å²) in [6.07, 6.45) is 4.65. The summed E-state index contributed by atoms with van der Waals surface area (Å²) in [6.45, 7) is 1.60. The van der Waals surface area contributed by atoms with Crippen molar-refractivity contribution in [1.82, 2.24) is 14.7 Å². The van der Waals surface area contributed by atoms with Crippen molar-refractivity contribution in [3.8, 4) is 11.3 Å². The van der Waals surface area contributed by atoms with E-state index in [0.29, 0.717) is 11.9 Å². The quantitative estimate of drug-likeness (QED) is 0.874. The highest BCUT2D eigenvalue weighted by atomic mass is 16.5. The van der Waals surface area contributed by atoms with Gasteiger partial charge in [0.05, 0.1) is 11.8 Å². The van der Waals surface area contributed by atoms with Crippen LogP contribution in [0.15, 0.2) is 36.4 Å². The molecular weight excluding hydrogens is 316 g/mol. The lowest BCUT2D eigenvalue weighted by Crippen LogP contribution is -2.33. The van der Waals surface area contributed by atoms with E-state index in [0.717, 1.165) is 50.1 Å². The lowest BCUT2D eigenvalue weighted by Gasteiger charge is -2.18. The van der Waals surface area contributed by atoms with Gasteiger partial charge in [-0.2, -0.15) is 5.10 Å². The lowest BCUT2D eigenvalue weighted by atomic mass is 10.1. The summed E-state index contributed by atoms with van der Waals surface area (Å²) >= 11 is 0. The molecule has 0 saturated carbocycles. The van der Waals surface area contributed by atoms with Crippen molar-refractivity contribution < 1.29 is 9.53 Å². The Bertz CT molecular complexity index is 693. The van der Waals surface area contributed by atoms with Crippen molar-refractivity contribution in [1.29, 1.82) is 0 Å². The molecule has 1 saturated heterocycles. The number of carbonyl (C=O) groups excluding carboxylic acids is 1. The van der Waals surface area contributed by atoms with Crippen LogP contribution in [0.25, 0.3) is 11.3 Å². The van der Waals surface area contributed by atoms with Crippen molar-refractivity contribution in [2.45, 2.75) is 31.8 Å². The molecular formula is C19H26N4O2. The molecule has 1 atom stereocenters. The Morgan fingerprint density at radius 2 is 2.20 bits per heavy atom. The maximum absolute atomic E-state index is 12.4. The molecule has 0 unspecified atom stereocenters. The predicted molar refractivity (Wildman–Crippen MR) is 98.5 cm³/mol. The predicted octanol–water partition coefficient (Wildman–Crippen LogP) is 3.51. The first-order valence-corrected chi connectivity index (χ1v) is 8.86. The van der Waals surface area contributed by atoms with Crippen LogP contribution in [0.3, 0.4) is 0 Å². The Balaban J connectivity index is 1.52. The van der Waals surface area contributed by atoms with Crippen molar-refractivity contribution >= 4 is 11.8 Å². The van der Waals surface area contributed by atoms with Crippen LogP contribution in [-0.4, -0.2) is 47.0 Å². The van der Waals surface area contributed by atoms with Crippen LogP contribution in [0.5, 0.6) is 0 Å². The number of ether oxygens (including phenoxy) is 1. The van der Waals surface area contributed by atoms with Gasteiger partial charge in [0, 0.05) is 38.9 Å². The minimum Gasteiger partial charge on any atom is -0.378 e. The second-order valence-electron chi connectivity index (χ2n) is 6.53. The number of urea groups is 1. The summed E-state index contributed by atoms with van der Waals surface area (Å²) in [6, 6.07) is 11.7. The molecule has 25 heavy (non-hydrogen) atoms. The first kappa shape index (κ1) is 17.5. The van der Waals surface area contributed by atoms with Crippen LogP contribution < -0.4 is 5.32 Å². The largest absolute Gasteiger partial charge is 0.378 e.